The average Bonchev–Trinajstić information content (AvgIpc) is 2.38. The number of aliphatic hydroxyl groups is 1. The van der Waals surface area contributed by atoms with Crippen LogP contribution >= 0.6 is 11.8 Å². The predicted octanol–water partition coefficient (Wildman–Crippen LogP) is 3.36. The van der Waals surface area contributed by atoms with Gasteiger partial charge in [0.15, 0.2) is 0 Å². The molecule has 4 heteroatoms. The van der Waals surface area contributed by atoms with E-state index in [1.165, 1.54) is 6.07 Å². The van der Waals surface area contributed by atoms with Gasteiger partial charge in [-0.05, 0) is 48.3 Å². The summed E-state index contributed by atoms with van der Waals surface area (Å²) >= 11 is 1.78. The third kappa shape index (κ3) is 3.94. The summed E-state index contributed by atoms with van der Waals surface area (Å²) in [5.74, 6) is 1.39. The summed E-state index contributed by atoms with van der Waals surface area (Å²) in [4.78, 5) is 1.16. The predicted molar refractivity (Wildman–Crippen MR) is 77.9 cm³/mol. The lowest BCUT2D eigenvalue weighted by Crippen LogP contribution is -2.38. The number of nitrogens with one attached hydrogen (secondary N) is 1. The molecule has 2 unspecified atom stereocenters. The number of benzene rings is 1. The molecule has 0 radical (unpaired) electrons. The first-order valence-corrected chi connectivity index (χ1v) is 7.88. The number of hydrogen-bond donors (Lipinski definition) is 2. The summed E-state index contributed by atoms with van der Waals surface area (Å²) in [6.07, 6.45) is 1.92. The van der Waals surface area contributed by atoms with Crippen LogP contribution in [0.2, 0.25) is 0 Å². The smallest absolute Gasteiger partial charge is 0.123 e. The molecule has 0 saturated heterocycles. The minimum atomic E-state index is -0.183. The maximum absolute atomic E-state index is 13.4. The van der Waals surface area contributed by atoms with Gasteiger partial charge in [0.1, 0.15) is 5.82 Å². The lowest BCUT2D eigenvalue weighted by Gasteiger charge is -2.30. The van der Waals surface area contributed by atoms with E-state index in [0.29, 0.717) is 5.92 Å². The fourth-order valence-corrected chi connectivity index (χ4v) is 3.69. The van der Waals surface area contributed by atoms with Crippen LogP contribution in [0, 0.1) is 11.7 Å². The summed E-state index contributed by atoms with van der Waals surface area (Å²) in [5.41, 5.74) is 1.04. The van der Waals surface area contributed by atoms with E-state index in [-0.39, 0.29) is 24.5 Å². The van der Waals surface area contributed by atoms with Gasteiger partial charge in [-0.2, -0.15) is 0 Å². The molecule has 2 atom stereocenters. The quantitative estimate of drug-likeness (QED) is 0.869. The second-order valence-electron chi connectivity index (χ2n) is 5.55. The molecule has 106 valence electrons. The van der Waals surface area contributed by atoms with Crippen molar-refractivity contribution >= 4 is 11.8 Å². The average molecular weight is 283 g/mol. The van der Waals surface area contributed by atoms with Crippen LogP contribution in [-0.2, 0) is 0 Å². The van der Waals surface area contributed by atoms with Gasteiger partial charge in [0.25, 0.3) is 0 Å². The van der Waals surface area contributed by atoms with Gasteiger partial charge in [0.2, 0.25) is 0 Å². The third-order valence-electron chi connectivity index (χ3n) is 3.42. The Balaban J connectivity index is 2.12. The van der Waals surface area contributed by atoms with E-state index < -0.39 is 0 Å². The second-order valence-corrected chi connectivity index (χ2v) is 6.68. The SMILES string of the molecule is CC(C)CC(CO)NC1CCSc2ccc(F)cc21. The zero-order valence-electron chi connectivity index (χ0n) is 11.5. The Morgan fingerprint density at radius 1 is 1.47 bits per heavy atom. The van der Waals surface area contributed by atoms with Crippen molar-refractivity contribution in [3.05, 3.63) is 29.6 Å². The van der Waals surface area contributed by atoms with Gasteiger partial charge >= 0.3 is 0 Å². The van der Waals surface area contributed by atoms with Gasteiger partial charge in [-0.15, -0.1) is 11.8 Å². The maximum Gasteiger partial charge on any atom is 0.123 e. The summed E-state index contributed by atoms with van der Waals surface area (Å²) in [6, 6.07) is 5.25. The molecule has 1 aromatic rings. The monoisotopic (exact) mass is 283 g/mol. The van der Waals surface area contributed by atoms with Gasteiger partial charge in [0, 0.05) is 17.0 Å². The van der Waals surface area contributed by atoms with Crippen molar-refractivity contribution in [1.82, 2.24) is 5.32 Å². The highest BCUT2D eigenvalue weighted by Crippen LogP contribution is 2.36. The molecule has 0 amide bonds. The summed E-state index contributed by atoms with van der Waals surface area (Å²) in [5, 5.41) is 13.0. The van der Waals surface area contributed by atoms with Crippen LogP contribution in [0.1, 0.15) is 38.3 Å². The number of aliphatic hydroxyl groups excluding tert-OH is 1. The summed E-state index contributed by atoms with van der Waals surface area (Å²) < 4.78 is 13.4. The first-order valence-electron chi connectivity index (χ1n) is 6.89. The second kappa shape index (κ2) is 6.73. The minimum Gasteiger partial charge on any atom is -0.395 e. The summed E-state index contributed by atoms with van der Waals surface area (Å²) in [7, 11) is 0. The van der Waals surface area contributed by atoms with E-state index in [1.807, 2.05) is 6.07 Å². The first kappa shape index (κ1) is 14.8. The van der Waals surface area contributed by atoms with Crippen molar-refractivity contribution in [2.24, 2.45) is 5.92 Å². The minimum absolute atomic E-state index is 0.0872. The van der Waals surface area contributed by atoms with Gasteiger partial charge in [-0.1, -0.05) is 13.8 Å². The lowest BCUT2D eigenvalue weighted by atomic mass is 9.99. The van der Waals surface area contributed by atoms with Crippen LogP contribution in [0.3, 0.4) is 0 Å². The Hall–Kier alpha value is -0.580. The molecule has 0 fully saturated rings. The number of thioether (sulfide) groups is 1. The number of hydrogen-bond acceptors (Lipinski definition) is 3. The van der Waals surface area contributed by atoms with Crippen molar-refractivity contribution in [2.45, 2.75) is 43.7 Å². The van der Waals surface area contributed by atoms with Crippen molar-refractivity contribution in [2.75, 3.05) is 12.4 Å². The molecule has 1 heterocycles. The van der Waals surface area contributed by atoms with Gasteiger partial charge < -0.3 is 10.4 Å². The Bertz CT molecular complexity index is 425. The fraction of sp³-hybridized carbons (Fsp3) is 0.600. The van der Waals surface area contributed by atoms with Crippen molar-refractivity contribution in [1.29, 1.82) is 0 Å². The maximum atomic E-state index is 13.4. The molecular weight excluding hydrogens is 261 g/mol. The van der Waals surface area contributed by atoms with Crippen LogP contribution in [0.25, 0.3) is 0 Å². The molecule has 2 nitrogen and oxygen atoms in total. The molecule has 1 aliphatic rings. The number of halogens is 1. The fourth-order valence-electron chi connectivity index (χ4n) is 2.59. The summed E-state index contributed by atoms with van der Waals surface area (Å²) in [6.45, 7) is 4.43. The van der Waals surface area contributed by atoms with Crippen LogP contribution in [0.15, 0.2) is 23.1 Å². The number of fused-ring (bicyclic) bond motifs is 1. The molecule has 2 rings (SSSR count). The standard InChI is InChI=1S/C15H22FNOS/c1-10(2)7-12(9-18)17-14-5-6-19-15-4-3-11(16)8-13(14)15/h3-4,8,10,12,14,17-18H,5-7,9H2,1-2H3. The van der Waals surface area contributed by atoms with E-state index in [2.05, 4.69) is 19.2 Å². The van der Waals surface area contributed by atoms with E-state index in [9.17, 15) is 9.50 Å². The van der Waals surface area contributed by atoms with Gasteiger partial charge in [-0.3, -0.25) is 0 Å². The van der Waals surface area contributed by atoms with E-state index in [1.54, 1.807) is 17.8 Å². The largest absolute Gasteiger partial charge is 0.395 e. The Morgan fingerprint density at radius 2 is 2.26 bits per heavy atom. The molecule has 1 aliphatic heterocycles. The highest BCUT2D eigenvalue weighted by Gasteiger charge is 2.23. The first-order chi connectivity index (χ1) is 9.10. The lowest BCUT2D eigenvalue weighted by molar-refractivity contribution is 0.211. The van der Waals surface area contributed by atoms with Gasteiger partial charge in [0.05, 0.1) is 6.61 Å². The van der Waals surface area contributed by atoms with Gasteiger partial charge in [-0.25, -0.2) is 4.39 Å². The molecule has 0 bridgehead atoms. The zero-order chi connectivity index (χ0) is 13.8. The van der Waals surface area contributed by atoms with Crippen molar-refractivity contribution < 1.29 is 9.50 Å². The Labute approximate surface area is 118 Å². The Morgan fingerprint density at radius 3 is 2.95 bits per heavy atom. The van der Waals surface area contributed by atoms with E-state index >= 15 is 0 Å². The van der Waals surface area contributed by atoms with E-state index in [0.717, 1.165) is 29.1 Å². The zero-order valence-corrected chi connectivity index (χ0v) is 12.3. The topological polar surface area (TPSA) is 32.3 Å². The Kier molecular flexibility index (Phi) is 5.25. The van der Waals surface area contributed by atoms with Crippen molar-refractivity contribution in [3.63, 3.8) is 0 Å². The molecule has 1 aromatic carbocycles. The van der Waals surface area contributed by atoms with Crippen LogP contribution in [0.4, 0.5) is 4.39 Å². The molecule has 2 N–H and O–H groups in total. The van der Waals surface area contributed by atoms with Crippen LogP contribution in [-0.4, -0.2) is 23.5 Å². The highest BCUT2D eigenvalue weighted by atomic mass is 32.2. The molecule has 19 heavy (non-hydrogen) atoms. The third-order valence-corrected chi connectivity index (χ3v) is 4.55. The van der Waals surface area contributed by atoms with Crippen LogP contribution < -0.4 is 5.32 Å². The highest BCUT2D eigenvalue weighted by molar-refractivity contribution is 7.99. The normalized spacial score (nSPS) is 20.4. The molecule has 0 spiro atoms. The molecular formula is C15H22FNOS. The van der Waals surface area contributed by atoms with Crippen molar-refractivity contribution in [3.8, 4) is 0 Å². The number of rotatable bonds is 5. The molecule has 0 saturated carbocycles. The van der Waals surface area contributed by atoms with E-state index in [4.69, 9.17) is 0 Å². The molecule has 0 aromatic heterocycles. The van der Waals surface area contributed by atoms with Crippen LogP contribution in [0.5, 0.6) is 0 Å². The molecule has 0 aliphatic carbocycles.